The van der Waals surface area contributed by atoms with Crippen LogP contribution >= 0.6 is 11.6 Å². The molecule has 0 spiro atoms. The standard InChI is InChI=1S/C16H21ClN2O2/c1-10-2-5-15(14(17)6-10)18-16(21)9-19-11-3-4-12(19)8-13(20)7-11/h2,5-6,11-13,20H,3-4,7-9H2,1H3,(H,18,21). The number of hydrogen-bond acceptors (Lipinski definition) is 3. The molecular formula is C16H21ClN2O2. The van der Waals surface area contributed by atoms with E-state index in [0.717, 1.165) is 31.2 Å². The number of nitrogens with zero attached hydrogens (tertiary/aromatic N) is 1. The molecule has 1 aromatic rings. The lowest BCUT2D eigenvalue weighted by Gasteiger charge is -2.36. The highest BCUT2D eigenvalue weighted by molar-refractivity contribution is 6.33. The number of carbonyl (C=O) groups is 1. The van der Waals surface area contributed by atoms with Gasteiger partial charge in [0.2, 0.25) is 5.91 Å². The van der Waals surface area contributed by atoms with Crippen LogP contribution in [-0.4, -0.2) is 40.6 Å². The summed E-state index contributed by atoms with van der Waals surface area (Å²) < 4.78 is 0. The van der Waals surface area contributed by atoms with E-state index in [9.17, 15) is 9.90 Å². The molecule has 0 radical (unpaired) electrons. The van der Waals surface area contributed by atoms with Gasteiger partial charge >= 0.3 is 0 Å². The van der Waals surface area contributed by atoms with E-state index >= 15 is 0 Å². The quantitative estimate of drug-likeness (QED) is 0.902. The predicted molar refractivity (Wildman–Crippen MR) is 83.6 cm³/mol. The topological polar surface area (TPSA) is 52.6 Å². The summed E-state index contributed by atoms with van der Waals surface area (Å²) in [7, 11) is 0. The van der Waals surface area contributed by atoms with Gasteiger partial charge in [-0.05, 0) is 50.3 Å². The van der Waals surface area contributed by atoms with Crippen molar-refractivity contribution in [3.8, 4) is 0 Å². The van der Waals surface area contributed by atoms with Gasteiger partial charge in [0.1, 0.15) is 0 Å². The molecule has 1 amide bonds. The Bertz CT molecular complexity index is 535. The summed E-state index contributed by atoms with van der Waals surface area (Å²) in [4.78, 5) is 14.5. The highest BCUT2D eigenvalue weighted by Gasteiger charge is 2.40. The third kappa shape index (κ3) is 3.23. The van der Waals surface area contributed by atoms with Gasteiger partial charge in [0.25, 0.3) is 0 Å². The number of hydrogen-bond donors (Lipinski definition) is 2. The average molecular weight is 309 g/mol. The molecule has 2 atom stereocenters. The summed E-state index contributed by atoms with van der Waals surface area (Å²) in [5.74, 6) is -0.0333. The first-order valence-electron chi connectivity index (χ1n) is 7.53. The fourth-order valence-electron chi connectivity index (χ4n) is 3.58. The van der Waals surface area contributed by atoms with E-state index in [1.165, 1.54) is 0 Å². The molecule has 114 valence electrons. The molecule has 0 saturated carbocycles. The number of aryl methyl sites for hydroxylation is 1. The zero-order valence-corrected chi connectivity index (χ0v) is 12.9. The molecule has 2 saturated heterocycles. The molecule has 5 heteroatoms. The third-order valence-electron chi connectivity index (χ3n) is 4.58. The number of anilines is 1. The number of aliphatic hydroxyl groups is 1. The number of fused-ring (bicyclic) bond motifs is 2. The molecule has 2 aliphatic heterocycles. The molecule has 1 aromatic carbocycles. The molecule has 2 bridgehead atoms. The number of benzene rings is 1. The maximum Gasteiger partial charge on any atom is 0.238 e. The molecule has 2 heterocycles. The largest absolute Gasteiger partial charge is 0.393 e. The van der Waals surface area contributed by atoms with Crippen molar-refractivity contribution in [2.75, 3.05) is 11.9 Å². The van der Waals surface area contributed by atoms with Crippen molar-refractivity contribution < 1.29 is 9.90 Å². The van der Waals surface area contributed by atoms with E-state index in [4.69, 9.17) is 11.6 Å². The molecule has 3 rings (SSSR count). The van der Waals surface area contributed by atoms with Crippen LogP contribution in [0.2, 0.25) is 5.02 Å². The van der Waals surface area contributed by atoms with Gasteiger partial charge in [-0.2, -0.15) is 0 Å². The Hall–Kier alpha value is -1.10. The SMILES string of the molecule is Cc1ccc(NC(=O)CN2C3CCC2CC(O)C3)c(Cl)c1. The summed E-state index contributed by atoms with van der Waals surface area (Å²) in [6.07, 6.45) is 3.54. The van der Waals surface area contributed by atoms with Crippen LogP contribution in [0.1, 0.15) is 31.2 Å². The molecule has 2 N–H and O–H groups in total. The smallest absolute Gasteiger partial charge is 0.238 e. The number of rotatable bonds is 3. The Kier molecular flexibility index (Phi) is 4.20. The van der Waals surface area contributed by atoms with Gasteiger partial charge in [-0.3, -0.25) is 9.69 Å². The van der Waals surface area contributed by atoms with Crippen molar-refractivity contribution in [1.82, 2.24) is 4.90 Å². The second-order valence-corrected chi connectivity index (χ2v) is 6.62. The van der Waals surface area contributed by atoms with Crippen LogP contribution < -0.4 is 5.32 Å². The lowest BCUT2D eigenvalue weighted by Crippen LogP contribution is -2.47. The Labute approximate surface area is 130 Å². The van der Waals surface area contributed by atoms with Crippen molar-refractivity contribution in [1.29, 1.82) is 0 Å². The number of amides is 1. The fraction of sp³-hybridized carbons (Fsp3) is 0.562. The van der Waals surface area contributed by atoms with Crippen molar-refractivity contribution in [2.45, 2.75) is 50.8 Å². The number of carbonyl (C=O) groups excluding carboxylic acids is 1. The molecule has 21 heavy (non-hydrogen) atoms. The highest BCUT2D eigenvalue weighted by atomic mass is 35.5. The summed E-state index contributed by atoms with van der Waals surface area (Å²) in [5.41, 5.74) is 1.73. The van der Waals surface area contributed by atoms with Crippen molar-refractivity contribution in [2.24, 2.45) is 0 Å². The van der Waals surface area contributed by atoms with E-state index in [-0.39, 0.29) is 12.0 Å². The van der Waals surface area contributed by atoms with Gasteiger partial charge < -0.3 is 10.4 Å². The van der Waals surface area contributed by atoms with Gasteiger partial charge in [-0.15, -0.1) is 0 Å². The molecule has 2 fully saturated rings. The van der Waals surface area contributed by atoms with Crippen molar-refractivity contribution in [3.63, 3.8) is 0 Å². The van der Waals surface area contributed by atoms with Crippen LogP contribution in [0, 0.1) is 6.92 Å². The van der Waals surface area contributed by atoms with Gasteiger partial charge in [-0.1, -0.05) is 17.7 Å². The zero-order valence-electron chi connectivity index (χ0n) is 12.2. The summed E-state index contributed by atoms with van der Waals surface area (Å²) in [6, 6.07) is 6.31. The number of piperidine rings is 1. The normalized spacial score (nSPS) is 28.6. The minimum Gasteiger partial charge on any atom is -0.393 e. The molecular weight excluding hydrogens is 288 g/mol. The Morgan fingerprint density at radius 1 is 1.38 bits per heavy atom. The first-order chi connectivity index (χ1) is 10.0. The molecule has 2 aliphatic rings. The van der Waals surface area contributed by atoms with Gasteiger partial charge in [-0.25, -0.2) is 0 Å². The van der Waals surface area contributed by atoms with Gasteiger partial charge in [0.05, 0.1) is 23.4 Å². The van der Waals surface area contributed by atoms with Crippen LogP contribution in [0.15, 0.2) is 18.2 Å². The zero-order chi connectivity index (χ0) is 15.0. The van der Waals surface area contributed by atoms with Crippen molar-refractivity contribution in [3.05, 3.63) is 28.8 Å². The first-order valence-corrected chi connectivity index (χ1v) is 7.90. The van der Waals surface area contributed by atoms with E-state index in [1.807, 2.05) is 25.1 Å². The number of nitrogens with one attached hydrogen (secondary N) is 1. The summed E-state index contributed by atoms with van der Waals surface area (Å²) in [5, 5.41) is 13.3. The lowest BCUT2D eigenvalue weighted by atomic mass is 10.00. The number of aliphatic hydroxyl groups excluding tert-OH is 1. The third-order valence-corrected chi connectivity index (χ3v) is 4.90. The minimum absolute atomic E-state index is 0.0333. The summed E-state index contributed by atoms with van der Waals surface area (Å²) in [6.45, 7) is 2.35. The van der Waals surface area contributed by atoms with Crippen LogP contribution in [0.4, 0.5) is 5.69 Å². The molecule has 0 aromatic heterocycles. The maximum absolute atomic E-state index is 12.2. The fourth-order valence-corrected chi connectivity index (χ4v) is 3.86. The Morgan fingerprint density at radius 3 is 2.67 bits per heavy atom. The predicted octanol–water partition coefficient (Wildman–Crippen LogP) is 2.57. The van der Waals surface area contributed by atoms with Crippen LogP contribution in [0.25, 0.3) is 0 Å². The average Bonchev–Trinajstić information content (AvgIpc) is 2.66. The van der Waals surface area contributed by atoms with Gasteiger partial charge in [0, 0.05) is 12.1 Å². The van der Waals surface area contributed by atoms with E-state index in [2.05, 4.69) is 10.2 Å². The monoisotopic (exact) mass is 308 g/mol. The van der Waals surface area contributed by atoms with Gasteiger partial charge in [0.15, 0.2) is 0 Å². The first kappa shape index (κ1) is 14.8. The highest BCUT2D eigenvalue weighted by Crippen LogP contribution is 2.35. The lowest BCUT2D eigenvalue weighted by molar-refractivity contribution is -0.119. The van der Waals surface area contributed by atoms with E-state index in [1.54, 1.807) is 0 Å². The molecule has 2 unspecified atom stereocenters. The summed E-state index contributed by atoms with van der Waals surface area (Å²) >= 11 is 6.14. The molecule has 0 aliphatic carbocycles. The second-order valence-electron chi connectivity index (χ2n) is 6.21. The van der Waals surface area contributed by atoms with Crippen LogP contribution in [-0.2, 0) is 4.79 Å². The minimum atomic E-state index is -0.201. The molecule has 4 nitrogen and oxygen atoms in total. The van der Waals surface area contributed by atoms with E-state index < -0.39 is 0 Å². The Morgan fingerprint density at radius 2 is 2.05 bits per heavy atom. The van der Waals surface area contributed by atoms with E-state index in [0.29, 0.717) is 29.3 Å². The van der Waals surface area contributed by atoms with Crippen LogP contribution in [0.3, 0.4) is 0 Å². The Balaban J connectivity index is 1.62. The van der Waals surface area contributed by atoms with Crippen LogP contribution in [0.5, 0.6) is 0 Å². The second kappa shape index (κ2) is 5.95. The maximum atomic E-state index is 12.2. The van der Waals surface area contributed by atoms with Crippen molar-refractivity contribution >= 4 is 23.2 Å². The number of halogens is 1.